The van der Waals surface area contributed by atoms with Gasteiger partial charge in [-0.3, -0.25) is 5.43 Å². The molecule has 0 saturated carbocycles. The van der Waals surface area contributed by atoms with Crippen molar-refractivity contribution in [2.24, 2.45) is 5.10 Å². The van der Waals surface area contributed by atoms with Crippen molar-refractivity contribution in [3.63, 3.8) is 0 Å². The topological polar surface area (TPSA) is 24.4 Å². The van der Waals surface area contributed by atoms with Gasteiger partial charge in [-0.15, -0.1) is 0 Å². The Morgan fingerprint density at radius 1 is 0.923 bits per heavy atom. The normalized spacial score (nSPS) is 14.3. The third-order valence-electron chi connectivity index (χ3n) is 4.69. The molecule has 0 aliphatic heterocycles. The SMILES string of the molecule is CC1=CCC(CC(=NNc2ccc3ccccc3c2)c2ccccc2)=C1. The first-order valence-corrected chi connectivity index (χ1v) is 9.01. The van der Waals surface area contributed by atoms with Gasteiger partial charge < -0.3 is 0 Å². The number of nitrogens with one attached hydrogen (secondary N) is 1. The zero-order valence-corrected chi connectivity index (χ0v) is 14.9. The molecule has 0 atom stereocenters. The maximum Gasteiger partial charge on any atom is 0.0719 e. The smallest absolute Gasteiger partial charge is 0.0719 e. The van der Waals surface area contributed by atoms with E-state index in [9.17, 15) is 0 Å². The van der Waals surface area contributed by atoms with Crippen LogP contribution in [-0.2, 0) is 0 Å². The van der Waals surface area contributed by atoms with Crippen molar-refractivity contribution in [3.8, 4) is 0 Å². The van der Waals surface area contributed by atoms with Crippen molar-refractivity contribution >= 4 is 22.2 Å². The Labute approximate surface area is 154 Å². The number of fused-ring (bicyclic) bond motifs is 1. The predicted molar refractivity (Wildman–Crippen MR) is 112 cm³/mol. The summed E-state index contributed by atoms with van der Waals surface area (Å²) in [5.74, 6) is 0. The average Bonchev–Trinajstić information content (AvgIpc) is 3.10. The molecule has 0 bridgehead atoms. The number of nitrogens with zero attached hydrogens (tertiary/aromatic N) is 1. The van der Waals surface area contributed by atoms with Gasteiger partial charge in [0.15, 0.2) is 0 Å². The summed E-state index contributed by atoms with van der Waals surface area (Å²) in [5.41, 5.74) is 9.24. The summed E-state index contributed by atoms with van der Waals surface area (Å²) < 4.78 is 0. The van der Waals surface area contributed by atoms with Crippen molar-refractivity contribution < 1.29 is 0 Å². The minimum Gasteiger partial charge on any atom is -0.278 e. The van der Waals surface area contributed by atoms with Crippen LogP contribution in [0.3, 0.4) is 0 Å². The minimum absolute atomic E-state index is 0.860. The van der Waals surface area contributed by atoms with E-state index in [4.69, 9.17) is 5.10 Å². The van der Waals surface area contributed by atoms with E-state index in [1.165, 1.54) is 21.9 Å². The van der Waals surface area contributed by atoms with Crippen LogP contribution in [0.4, 0.5) is 5.69 Å². The molecule has 3 aromatic rings. The third-order valence-corrected chi connectivity index (χ3v) is 4.69. The van der Waals surface area contributed by atoms with Gasteiger partial charge in [0, 0.05) is 6.42 Å². The highest BCUT2D eigenvalue weighted by Gasteiger charge is 2.10. The Balaban J connectivity index is 1.60. The molecular weight excluding hydrogens is 316 g/mol. The van der Waals surface area contributed by atoms with Gasteiger partial charge in [-0.2, -0.15) is 5.10 Å². The second-order valence-electron chi connectivity index (χ2n) is 6.73. The van der Waals surface area contributed by atoms with Gasteiger partial charge in [0.2, 0.25) is 0 Å². The van der Waals surface area contributed by atoms with E-state index in [1.807, 2.05) is 6.07 Å². The summed E-state index contributed by atoms with van der Waals surface area (Å²) >= 11 is 0. The lowest BCUT2D eigenvalue weighted by molar-refractivity contribution is 1.15. The molecule has 0 aromatic heterocycles. The molecule has 1 N–H and O–H groups in total. The number of allylic oxidation sites excluding steroid dienone is 4. The molecule has 0 heterocycles. The lowest BCUT2D eigenvalue weighted by Crippen LogP contribution is -2.05. The lowest BCUT2D eigenvalue weighted by Gasteiger charge is -2.10. The van der Waals surface area contributed by atoms with E-state index in [0.717, 1.165) is 29.8 Å². The number of hydrogen-bond acceptors (Lipinski definition) is 2. The van der Waals surface area contributed by atoms with Crippen LogP contribution in [0.2, 0.25) is 0 Å². The quantitative estimate of drug-likeness (QED) is 0.427. The molecule has 26 heavy (non-hydrogen) atoms. The molecule has 2 nitrogen and oxygen atoms in total. The molecule has 0 unspecified atom stereocenters. The lowest BCUT2D eigenvalue weighted by atomic mass is 10.0. The Hall–Kier alpha value is -3.13. The zero-order chi connectivity index (χ0) is 17.8. The summed E-state index contributed by atoms with van der Waals surface area (Å²) in [6.45, 7) is 2.15. The van der Waals surface area contributed by atoms with Gasteiger partial charge in [0.25, 0.3) is 0 Å². The third kappa shape index (κ3) is 3.75. The van der Waals surface area contributed by atoms with Gasteiger partial charge in [-0.05, 0) is 41.8 Å². The highest BCUT2D eigenvalue weighted by atomic mass is 15.3. The Kier molecular flexibility index (Phi) is 4.65. The first-order valence-electron chi connectivity index (χ1n) is 9.01. The van der Waals surface area contributed by atoms with Crippen molar-refractivity contribution in [1.29, 1.82) is 0 Å². The summed E-state index contributed by atoms with van der Waals surface area (Å²) in [4.78, 5) is 0. The van der Waals surface area contributed by atoms with Crippen LogP contribution in [-0.4, -0.2) is 5.71 Å². The van der Waals surface area contributed by atoms with Gasteiger partial charge in [-0.25, -0.2) is 0 Å². The number of benzene rings is 3. The van der Waals surface area contributed by atoms with Crippen LogP contribution in [0.1, 0.15) is 25.3 Å². The van der Waals surface area contributed by atoms with Crippen LogP contribution in [0.5, 0.6) is 0 Å². The molecule has 0 spiro atoms. The van der Waals surface area contributed by atoms with Crippen molar-refractivity contribution in [3.05, 3.63) is 102 Å². The minimum atomic E-state index is 0.860. The fraction of sp³-hybridized carbons (Fsp3) is 0.125. The van der Waals surface area contributed by atoms with Gasteiger partial charge in [0.1, 0.15) is 0 Å². The largest absolute Gasteiger partial charge is 0.278 e. The summed E-state index contributed by atoms with van der Waals surface area (Å²) in [6.07, 6.45) is 6.43. The molecule has 1 aliphatic carbocycles. The van der Waals surface area contributed by atoms with Gasteiger partial charge >= 0.3 is 0 Å². The molecule has 0 fully saturated rings. The maximum atomic E-state index is 4.76. The number of hydrazone groups is 1. The number of anilines is 1. The van der Waals surface area contributed by atoms with E-state index in [-0.39, 0.29) is 0 Å². The monoisotopic (exact) mass is 338 g/mol. The average molecular weight is 338 g/mol. The number of hydrogen-bond donors (Lipinski definition) is 1. The van der Waals surface area contributed by atoms with E-state index in [0.29, 0.717) is 0 Å². The van der Waals surface area contributed by atoms with E-state index >= 15 is 0 Å². The van der Waals surface area contributed by atoms with Crippen molar-refractivity contribution in [2.75, 3.05) is 5.43 Å². The first-order chi connectivity index (χ1) is 12.8. The van der Waals surface area contributed by atoms with E-state index in [2.05, 4.69) is 91.2 Å². The molecule has 0 radical (unpaired) electrons. The van der Waals surface area contributed by atoms with Crippen molar-refractivity contribution in [2.45, 2.75) is 19.8 Å². The fourth-order valence-corrected chi connectivity index (χ4v) is 3.30. The second kappa shape index (κ2) is 7.40. The van der Waals surface area contributed by atoms with Crippen LogP contribution >= 0.6 is 0 Å². The second-order valence-corrected chi connectivity index (χ2v) is 6.73. The fourth-order valence-electron chi connectivity index (χ4n) is 3.30. The van der Waals surface area contributed by atoms with E-state index < -0.39 is 0 Å². The Bertz CT molecular complexity index is 1010. The maximum absolute atomic E-state index is 4.76. The molecular formula is C24H22N2. The standard InChI is InChI=1S/C24H22N2/c1-18-11-12-19(15-18)16-24(21-8-3-2-4-9-21)26-25-23-14-13-20-7-5-6-10-22(20)17-23/h2-11,13-15,17,25H,12,16H2,1H3. The molecule has 4 rings (SSSR count). The van der Waals surface area contributed by atoms with E-state index in [1.54, 1.807) is 0 Å². The van der Waals surface area contributed by atoms with Gasteiger partial charge in [0.05, 0.1) is 11.4 Å². The molecule has 0 amide bonds. The molecule has 1 aliphatic rings. The highest BCUT2D eigenvalue weighted by Crippen LogP contribution is 2.23. The first kappa shape index (κ1) is 16.3. The summed E-state index contributed by atoms with van der Waals surface area (Å²) in [6, 6.07) is 25.1. The van der Waals surface area contributed by atoms with Crippen molar-refractivity contribution in [1.82, 2.24) is 0 Å². The molecule has 3 aromatic carbocycles. The zero-order valence-electron chi connectivity index (χ0n) is 14.9. The van der Waals surface area contributed by atoms with Gasteiger partial charge in [-0.1, -0.05) is 84.0 Å². The van der Waals surface area contributed by atoms with Crippen LogP contribution in [0, 0.1) is 0 Å². The molecule has 128 valence electrons. The van der Waals surface area contributed by atoms with Crippen LogP contribution in [0.15, 0.2) is 101 Å². The Morgan fingerprint density at radius 3 is 2.46 bits per heavy atom. The summed E-state index contributed by atoms with van der Waals surface area (Å²) in [7, 11) is 0. The molecule has 2 heteroatoms. The Morgan fingerprint density at radius 2 is 1.69 bits per heavy atom. The highest BCUT2D eigenvalue weighted by molar-refractivity contribution is 6.02. The van der Waals surface area contributed by atoms with Crippen LogP contribution < -0.4 is 5.43 Å². The predicted octanol–water partition coefficient (Wildman–Crippen LogP) is 6.32. The van der Waals surface area contributed by atoms with Crippen LogP contribution in [0.25, 0.3) is 10.8 Å². The number of rotatable bonds is 5. The molecule has 0 saturated heterocycles. The summed E-state index contributed by atoms with van der Waals surface area (Å²) in [5, 5.41) is 7.22.